The Hall–Kier alpha value is -0.870. The molecule has 1 aliphatic heterocycles. The molecule has 92 valence electrons. The van der Waals surface area contributed by atoms with Gasteiger partial charge in [-0.25, -0.2) is 0 Å². The van der Waals surface area contributed by atoms with E-state index < -0.39 is 5.97 Å². The molecule has 1 N–H and O–H groups in total. The molecule has 1 fully saturated rings. The summed E-state index contributed by atoms with van der Waals surface area (Å²) in [5.74, 6) is -0.918. The first-order chi connectivity index (χ1) is 8.16. The summed E-state index contributed by atoms with van der Waals surface area (Å²) >= 11 is 3.40. The van der Waals surface area contributed by atoms with Crippen molar-refractivity contribution in [3.63, 3.8) is 0 Å². The van der Waals surface area contributed by atoms with Gasteiger partial charge in [-0.2, -0.15) is 0 Å². The average molecular weight is 299 g/mol. The summed E-state index contributed by atoms with van der Waals surface area (Å²) in [5, 5.41) is 9.30. The molecule has 0 bridgehead atoms. The van der Waals surface area contributed by atoms with E-state index in [1.165, 1.54) is 0 Å². The van der Waals surface area contributed by atoms with Crippen molar-refractivity contribution >= 4 is 21.9 Å². The summed E-state index contributed by atoms with van der Waals surface area (Å²) in [6.07, 6.45) is 1.42. The molecule has 1 aromatic carbocycles. The molecule has 2 rings (SSSR count). The maximum Gasteiger partial charge on any atom is 0.307 e. The fraction of sp³-hybridized carbons (Fsp3) is 0.462. The number of hydrogen-bond donors (Lipinski definition) is 1. The monoisotopic (exact) mass is 298 g/mol. The first-order valence-electron chi connectivity index (χ1n) is 5.72. The smallest absolute Gasteiger partial charge is 0.307 e. The highest BCUT2D eigenvalue weighted by Crippen LogP contribution is 2.26. The zero-order valence-electron chi connectivity index (χ0n) is 9.43. The third-order valence-corrected chi connectivity index (χ3v) is 3.69. The van der Waals surface area contributed by atoms with Gasteiger partial charge in [0.05, 0.1) is 12.5 Å². The predicted molar refractivity (Wildman–Crippen MR) is 67.9 cm³/mol. The second-order valence-electron chi connectivity index (χ2n) is 4.40. The van der Waals surface area contributed by atoms with Crippen molar-refractivity contribution in [2.24, 2.45) is 11.8 Å². The van der Waals surface area contributed by atoms with Crippen LogP contribution in [0.2, 0.25) is 0 Å². The van der Waals surface area contributed by atoms with E-state index in [9.17, 15) is 9.90 Å². The normalized spacial score (nSPS) is 21.4. The van der Waals surface area contributed by atoms with Crippen LogP contribution in [0.4, 0.5) is 0 Å². The molecule has 17 heavy (non-hydrogen) atoms. The van der Waals surface area contributed by atoms with Crippen LogP contribution in [0.25, 0.3) is 0 Å². The lowest BCUT2D eigenvalue weighted by atomic mass is 9.86. The molecule has 4 heteroatoms. The summed E-state index contributed by atoms with van der Waals surface area (Å²) in [4.78, 5) is 11.3. The van der Waals surface area contributed by atoms with Crippen LogP contribution in [-0.4, -0.2) is 24.3 Å². The van der Waals surface area contributed by atoms with Crippen LogP contribution in [0, 0.1) is 11.8 Å². The fourth-order valence-corrected chi connectivity index (χ4v) is 2.69. The zero-order chi connectivity index (χ0) is 12.3. The highest BCUT2D eigenvalue weighted by Gasteiger charge is 2.31. The van der Waals surface area contributed by atoms with Crippen molar-refractivity contribution in [3.05, 3.63) is 34.3 Å². The number of ether oxygens (including phenoxy) is 1. The van der Waals surface area contributed by atoms with Gasteiger partial charge in [-0.15, -0.1) is 0 Å². The minimum atomic E-state index is -0.722. The van der Waals surface area contributed by atoms with E-state index in [0.29, 0.717) is 19.6 Å². The van der Waals surface area contributed by atoms with E-state index >= 15 is 0 Å². The second kappa shape index (κ2) is 5.65. The van der Waals surface area contributed by atoms with Crippen LogP contribution in [0.3, 0.4) is 0 Å². The SMILES string of the molecule is O=C(O)C(Cc1cccc(Br)c1)C1CCOC1. The third kappa shape index (κ3) is 3.30. The summed E-state index contributed by atoms with van der Waals surface area (Å²) in [5.41, 5.74) is 1.05. The van der Waals surface area contributed by atoms with E-state index in [0.717, 1.165) is 16.5 Å². The maximum absolute atomic E-state index is 11.3. The summed E-state index contributed by atoms with van der Waals surface area (Å²) < 4.78 is 6.26. The quantitative estimate of drug-likeness (QED) is 0.930. The molecule has 0 saturated carbocycles. The van der Waals surface area contributed by atoms with Gasteiger partial charge in [-0.1, -0.05) is 28.1 Å². The molecule has 0 spiro atoms. The number of carboxylic acids is 1. The van der Waals surface area contributed by atoms with Gasteiger partial charge in [-0.05, 0) is 36.5 Å². The minimum Gasteiger partial charge on any atom is -0.481 e. The van der Waals surface area contributed by atoms with Crippen LogP contribution in [0.5, 0.6) is 0 Å². The standard InChI is InChI=1S/C13H15BrO3/c14-11-3-1-2-9(6-11)7-12(13(15)16)10-4-5-17-8-10/h1-3,6,10,12H,4-5,7-8H2,(H,15,16). The van der Waals surface area contributed by atoms with Gasteiger partial charge in [0.25, 0.3) is 0 Å². The summed E-state index contributed by atoms with van der Waals surface area (Å²) in [7, 11) is 0. The van der Waals surface area contributed by atoms with Crippen LogP contribution in [-0.2, 0) is 16.0 Å². The number of hydrogen-bond acceptors (Lipinski definition) is 2. The molecular weight excluding hydrogens is 284 g/mol. The van der Waals surface area contributed by atoms with E-state index in [2.05, 4.69) is 15.9 Å². The zero-order valence-corrected chi connectivity index (χ0v) is 11.0. The Balaban J connectivity index is 2.09. The van der Waals surface area contributed by atoms with E-state index in [1.807, 2.05) is 24.3 Å². The third-order valence-electron chi connectivity index (χ3n) is 3.20. The summed E-state index contributed by atoms with van der Waals surface area (Å²) in [6.45, 7) is 1.26. The highest BCUT2D eigenvalue weighted by atomic mass is 79.9. The maximum atomic E-state index is 11.3. The number of carboxylic acid groups (broad SMARTS) is 1. The van der Waals surface area contributed by atoms with Gasteiger partial charge in [0.2, 0.25) is 0 Å². The van der Waals surface area contributed by atoms with Crippen molar-refractivity contribution in [3.8, 4) is 0 Å². The molecule has 3 nitrogen and oxygen atoms in total. The largest absolute Gasteiger partial charge is 0.481 e. The molecule has 2 unspecified atom stereocenters. The van der Waals surface area contributed by atoms with Crippen molar-refractivity contribution in [2.45, 2.75) is 12.8 Å². The lowest BCUT2D eigenvalue weighted by molar-refractivity contribution is -0.143. The van der Waals surface area contributed by atoms with Crippen molar-refractivity contribution in [1.82, 2.24) is 0 Å². The number of benzene rings is 1. The Morgan fingerprint density at radius 2 is 2.41 bits per heavy atom. The molecule has 0 radical (unpaired) electrons. The average Bonchev–Trinajstić information content (AvgIpc) is 2.78. The van der Waals surface area contributed by atoms with Crippen LogP contribution in [0.1, 0.15) is 12.0 Å². The van der Waals surface area contributed by atoms with E-state index in [1.54, 1.807) is 0 Å². The molecule has 1 aromatic rings. The molecule has 0 aromatic heterocycles. The van der Waals surface area contributed by atoms with E-state index in [-0.39, 0.29) is 11.8 Å². The van der Waals surface area contributed by atoms with Gasteiger partial charge in [0.1, 0.15) is 0 Å². The van der Waals surface area contributed by atoms with Crippen LogP contribution < -0.4 is 0 Å². The number of rotatable bonds is 4. The number of carbonyl (C=O) groups is 1. The Labute approximate surface area is 109 Å². The molecule has 1 heterocycles. The minimum absolute atomic E-state index is 0.145. The molecule has 2 atom stereocenters. The Bertz CT molecular complexity index is 399. The van der Waals surface area contributed by atoms with Gasteiger partial charge >= 0.3 is 5.97 Å². The van der Waals surface area contributed by atoms with E-state index in [4.69, 9.17) is 4.74 Å². The van der Waals surface area contributed by atoms with Crippen molar-refractivity contribution in [1.29, 1.82) is 0 Å². The molecule has 0 amide bonds. The van der Waals surface area contributed by atoms with Gasteiger partial charge in [-0.3, -0.25) is 4.79 Å². The first-order valence-corrected chi connectivity index (χ1v) is 6.51. The molecule has 1 aliphatic rings. The first kappa shape index (κ1) is 12.6. The Morgan fingerprint density at radius 3 is 3.00 bits per heavy atom. The summed E-state index contributed by atoms with van der Waals surface area (Å²) in [6, 6.07) is 7.82. The lowest BCUT2D eigenvalue weighted by Crippen LogP contribution is -2.26. The lowest BCUT2D eigenvalue weighted by Gasteiger charge is -2.18. The van der Waals surface area contributed by atoms with Crippen LogP contribution in [0.15, 0.2) is 28.7 Å². The van der Waals surface area contributed by atoms with Gasteiger partial charge in [0, 0.05) is 11.1 Å². The van der Waals surface area contributed by atoms with Crippen molar-refractivity contribution in [2.75, 3.05) is 13.2 Å². The topological polar surface area (TPSA) is 46.5 Å². The Kier molecular flexibility index (Phi) is 4.18. The predicted octanol–water partition coefficient (Wildman–Crippen LogP) is 2.73. The number of aliphatic carboxylic acids is 1. The molecular formula is C13H15BrO3. The molecule has 1 saturated heterocycles. The fourth-order valence-electron chi connectivity index (χ4n) is 2.24. The Morgan fingerprint density at radius 1 is 1.59 bits per heavy atom. The highest BCUT2D eigenvalue weighted by molar-refractivity contribution is 9.10. The second-order valence-corrected chi connectivity index (χ2v) is 5.32. The van der Waals surface area contributed by atoms with Crippen LogP contribution >= 0.6 is 15.9 Å². The number of halogens is 1. The van der Waals surface area contributed by atoms with Gasteiger partial charge in [0.15, 0.2) is 0 Å². The molecule has 0 aliphatic carbocycles. The van der Waals surface area contributed by atoms with Crippen molar-refractivity contribution < 1.29 is 14.6 Å². The van der Waals surface area contributed by atoms with Gasteiger partial charge < -0.3 is 9.84 Å².